The Hall–Kier alpha value is -3.92. The van der Waals surface area contributed by atoms with Crippen molar-refractivity contribution in [3.05, 3.63) is 76.5 Å². The van der Waals surface area contributed by atoms with E-state index in [1.165, 1.54) is 17.8 Å². The Kier molecular flexibility index (Phi) is 6.13. The van der Waals surface area contributed by atoms with E-state index in [1.54, 1.807) is 30.3 Å². The molecule has 0 radical (unpaired) electrons. The highest BCUT2D eigenvalue weighted by molar-refractivity contribution is 7.99. The lowest BCUT2D eigenvalue weighted by molar-refractivity contribution is -0.384. The van der Waals surface area contributed by atoms with E-state index < -0.39 is 11.2 Å². The van der Waals surface area contributed by atoms with Crippen LogP contribution < -0.4 is 10.1 Å². The van der Waals surface area contributed by atoms with Crippen molar-refractivity contribution >= 4 is 23.1 Å². The second kappa shape index (κ2) is 9.52. The lowest BCUT2D eigenvalue weighted by atomic mass is 10.1. The van der Waals surface area contributed by atoms with Gasteiger partial charge in [0.25, 0.3) is 5.69 Å². The summed E-state index contributed by atoms with van der Waals surface area (Å²) in [6, 6.07) is 17.6. The van der Waals surface area contributed by atoms with Gasteiger partial charge in [-0.05, 0) is 30.7 Å². The van der Waals surface area contributed by atoms with Crippen molar-refractivity contribution in [1.29, 1.82) is 0 Å². The Morgan fingerprint density at radius 1 is 1.06 bits per heavy atom. The minimum Gasteiger partial charge on any atom is -0.455 e. The summed E-state index contributed by atoms with van der Waals surface area (Å²) in [5.41, 5.74) is 2.51. The standard InChI is InChI=1S/C24H21N5O4S/c1-2-3-14-34-24-26-23-21(27-28-24)15-8-4-6-10-17(15)25-22(33-23)20-13-12-19(32-20)16-9-5-7-11-18(16)29(30)31/h4-13,22,25H,2-3,14H2,1H3. The number of nitro benzene ring substituents is 1. The van der Waals surface area contributed by atoms with E-state index in [4.69, 9.17) is 9.15 Å². The van der Waals surface area contributed by atoms with Crippen LogP contribution in [0.25, 0.3) is 22.6 Å². The average molecular weight is 476 g/mol. The van der Waals surface area contributed by atoms with E-state index in [2.05, 4.69) is 27.4 Å². The molecule has 2 aromatic heterocycles. The number of nitro groups is 1. The topological polar surface area (TPSA) is 116 Å². The fraction of sp³-hybridized carbons (Fsp3) is 0.208. The number of ether oxygens (including phenoxy) is 1. The zero-order valence-corrected chi connectivity index (χ0v) is 19.1. The van der Waals surface area contributed by atoms with Gasteiger partial charge in [0.15, 0.2) is 11.5 Å². The van der Waals surface area contributed by atoms with Gasteiger partial charge in [-0.3, -0.25) is 10.1 Å². The molecule has 0 saturated carbocycles. The van der Waals surface area contributed by atoms with Gasteiger partial charge in [0.2, 0.25) is 17.3 Å². The summed E-state index contributed by atoms with van der Waals surface area (Å²) in [7, 11) is 0. The van der Waals surface area contributed by atoms with Crippen LogP contribution in [0.15, 0.2) is 70.2 Å². The molecular weight excluding hydrogens is 454 g/mol. The molecule has 9 nitrogen and oxygen atoms in total. The number of rotatable bonds is 7. The lowest BCUT2D eigenvalue weighted by Crippen LogP contribution is -2.16. The van der Waals surface area contributed by atoms with Gasteiger partial charge in [0.05, 0.1) is 10.5 Å². The molecule has 4 aromatic rings. The number of thioether (sulfide) groups is 1. The van der Waals surface area contributed by atoms with E-state index in [-0.39, 0.29) is 5.69 Å². The number of aromatic nitrogens is 3. The maximum Gasteiger partial charge on any atom is 0.280 e. The average Bonchev–Trinajstić information content (AvgIpc) is 3.28. The largest absolute Gasteiger partial charge is 0.455 e. The molecule has 172 valence electrons. The number of hydrogen-bond donors (Lipinski definition) is 1. The molecule has 0 aliphatic carbocycles. The number of hydrogen-bond acceptors (Lipinski definition) is 9. The summed E-state index contributed by atoms with van der Waals surface area (Å²) in [5, 5.41) is 24.0. The van der Waals surface area contributed by atoms with Crippen LogP contribution >= 0.6 is 11.8 Å². The number of fused-ring (bicyclic) bond motifs is 3. The molecule has 3 heterocycles. The number of benzene rings is 2. The van der Waals surface area contributed by atoms with Crippen LogP contribution in [0.1, 0.15) is 31.8 Å². The third kappa shape index (κ3) is 4.32. The van der Waals surface area contributed by atoms with Crippen LogP contribution in [-0.2, 0) is 0 Å². The Morgan fingerprint density at radius 2 is 1.85 bits per heavy atom. The number of anilines is 1. The van der Waals surface area contributed by atoms with Crippen LogP contribution in [0.4, 0.5) is 11.4 Å². The zero-order valence-electron chi connectivity index (χ0n) is 18.3. The van der Waals surface area contributed by atoms with E-state index in [9.17, 15) is 10.1 Å². The summed E-state index contributed by atoms with van der Waals surface area (Å²) >= 11 is 1.54. The quantitative estimate of drug-likeness (QED) is 0.146. The van der Waals surface area contributed by atoms with Crippen molar-refractivity contribution in [3.63, 3.8) is 0 Å². The summed E-state index contributed by atoms with van der Waals surface area (Å²) in [6.45, 7) is 2.13. The summed E-state index contributed by atoms with van der Waals surface area (Å²) in [4.78, 5) is 15.6. The fourth-order valence-electron chi connectivity index (χ4n) is 3.62. The Morgan fingerprint density at radius 3 is 2.68 bits per heavy atom. The van der Waals surface area contributed by atoms with Crippen molar-refractivity contribution in [1.82, 2.24) is 15.2 Å². The monoisotopic (exact) mass is 475 g/mol. The molecule has 5 rings (SSSR count). The molecule has 34 heavy (non-hydrogen) atoms. The normalized spacial score (nSPS) is 14.3. The zero-order chi connectivity index (χ0) is 23.5. The van der Waals surface area contributed by atoms with Crippen LogP contribution in [-0.4, -0.2) is 25.9 Å². The summed E-state index contributed by atoms with van der Waals surface area (Å²) < 4.78 is 12.3. The van der Waals surface area contributed by atoms with Crippen molar-refractivity contribution < 1.29 is 14.1 Å². The molecule has 10 heteroatoms. The summed E-state index contributed by atoms with van der Waals surface area (Å²) in [6.07, 6.45) is 1.42. The van der Waals surface area contributed by atoms with Crippen molar-refractivity contribution in [3.8, 4) is 28.5 Å². The third-order valence-corrected chi connectivity index (χ3v) is 6.24. The highest BCUT2D eigenvalue weighted by Crippen LogP contribution is 2.41. The first-order valence-corrected chi connectivity index (χ1v) is 11.9. The minimum atomic E-state index is -0.718. The van der Waals surface area contributed by atoms with E-state index in [0.29, 0.717) is 33.8 Å². The molecule has 2 aromatic carbocycles. The maximum atomic E-state index is 11.5. The number of furan rings is 1. The number of nitrogens with one attached hydrogen (secondary N) is 1. The first-order chi connectivity index (χ1) is 16.6. The van der Waals surface area contributed by atoms with Gasteiger partial charge in [0, 0.05) is 23.1 Å². The molecule has 1 N–H and O–H groups in total. The van der Waals surface area contributed by atoms with Crippen LogP contribution in [0.3, 0.4) is 0 Å². The van der Waals surface area contributed by atoms with Crippen LogP contribution in [0.2, 0.25) is 0 Å². The molecule has 1 aliphatic rings. The Bertz CT molecular complexity index is 1340. The van der Waals surface area contributed by atoms with Crippen molar-refractivity contribution in [2.75, 3.05) is 11.1 Å². The molecule has 0 fully saturated rings. The van der Waals surface area contributed by atoms with Gasteiger partial charge in [-0.2, -0.15) is 4.98 Å². The van der Waals surface area contributed by atoms with E-state index in [0.717, 1.165) is 29.8 Å². The van der Waals surface area contributed by atoms with Crippen molar-refractivity contribution in [2.24, 2.45) is 0 Å². The molecule has 0 saturated heterocycles. The molecule has 0 bridgehead atoms. The van der Waals surface area contributed by atoms with Crippen LogP contribution in [0.5, 0.6) is 5.88 Å². The predicted octanol–water partition coefficient (Wildman–Crippen LogP) is 6.10. The number of unbranched alkanes of at least 4 members (excludes halogenated alkanes) is 1. The number of nitrogens with zero attached hydrogens (tertiary/aromatic N) is 4. The second-order valence-electron chi connectivity index (χ2n) is 7.61. The van der Waals surface area contributed by atoms with Crippen molar-refractivity contribution in [2.45, 2.75) is 31.1 Å². The van der Waals surface area contributed by atoms with Gasteiger partial charge in [-0.1, -0.05) is 55.4 Å². The third-order valence-electron chi connectivity index (χ3n) is 5.31. The highest BCUT2D eigenvalue weighted by Gasteiger charge is 2.28. The molecule has 1 aliphatic heterocycles. The predicted molar refractivity (Wildman–Crippen MR) is 129 cm³/mol. The van der Waals surface area contributed by atoms with Crippen LogP contribution in [0, 0.1) is 10.1 Å². The van der Waals surface area contributed by atoms with Gasteiger partial charge < -0.3 is 14.5 Å². The highest BCUT2D eigenvalue weighted by atomic mass is 32.2. The van der Waals surface area contributed by atoms with Gasteiger partial charge >= 0.3 is 0 Å². The van der Waals surface area contributed by atoms with Gasteiger partial charge in [-0.25, -0.2) is 0 Å². The lowest BCUT2D eigenvalue weighted by Gasteiger charge is -2.16. The van der Waals surface area contributed by atoms with Gasteiger partial charge in [-0.15, -0.1) is 10.2 Å². The first kappa shape index (κ1) is 21.9. The smallest absolute Gasteiger partial charge is 0.280 e. The molecule has 0 amide bonds. The number of para-hydroxylation sites is 2. The minimum absolute atomic E-state index is 0.0282. The Balaban J connectivity index is 1.51. The molecule has 1 atom stereocenters. The van der Waals surface area contributed by atoms with Gasteiger partial charge in [0.1, 0.15) is 5.76 Å². The maximum absolute atomic E-state index is 11.5. The second-order valence-corrected chi connectivity index (χ2v) is 8.68. The SMILES string of the molecule is CCCCSc1nnc2c(n1)OC(c1ccc(-c3ccccc3[N+](=O)[O-])o1)Nc1ccccc1-2. The fourth-order valence-corrected chi connectivity index (χ4v) is 4.49. The first-order valence-electron chi connectivity index (χ1n) is 10.9. The summed E-state index contributed by atoms with van der Waals surface area (Å²) in [5.74, 6) is 2.07. The molecule has 0 spiro atoms. The van der Waals surface area contributed by atoms with E-state index in [1.807, 2.05) is 24.3 Å². The molecular formula is C24H21N5O4S. The van der Waals surface area contributed by atoms with E-state index >= 15 is 0 Å². The Labute approximate surface area is 199 Å². The molecule has 1 unspecified atom stereocenters.